The van der Waals surface area contributed by atoms with Gasteiger partial charge in [0.2, 0.25) is 0 Å². The summed E-state index contributed by atoms with van der Waals surface area (Å²) in [7, 11) is 0. The standard InChI is InChI=1S/C21H12F5N3/c22-15-7-3-13(4-8-15)20-27-18-10-9-16(23)11-17(18)19(28-29-20)12-1-5-14(6-2-12)21(24,25)26/h1-11H,(H,27,29). The van der Waals surface area contributed by atoms with Crippen LogP contribution in [0.1, 0.15) is 22.3 Å². The number of amidine groups is 1. The summed E-state index contributed by atoms with van der Waals surface area (Å²) in [5.41, 5.74) is 3.76. The van der Waals surface area contributed by atoms with Crippen molar-refractivity contribution in [2.75, 3.05) is 0 Å². The number of alkyl halides is 3. The minimum atomic E-state index is -4.47. The van der Waals surface area contributed by atoms with Crippen LogP contribution in [0.5, 0.6) is 0 Å². The zero-order valence-corrected chi connectivity index (χ0v) is 14.6. The summed E-state index contributed by atoms with van der Waals surface area (Å²) in [5.74, 6) is -0.664. The predicted octanol–water partition coefficient (Wildman–Crippen LogP) is 5.42. The zero-order chi connectivity index (χ0) is 20.6. The third-order valence-corrected chi connectivity index (χ3v) is 4.32. The molecule has 3 nitrogen and oxygen atoms in total. The Morgan fingerprint density at radius 3 is 2.00 bits per heavy atom. The van der Waals surface area contributed by atoms with Gasteiger partial charge in [-0.2, -0.15) is 18.3 Å². The number of nitrogens with zero attached hydrogens (tertiary/aromatic N) is 2. The van der Waals surface area contributed by atoms with Gasteiger partial charge in [-0.3, -0.25) is 5.43 Å². The van der Waals surface area contributed by atoms with Gasteiger partial charge >= 0.3 is 6.18 Å². The lowest BCUT2D eigenvalue weighted by Gasteiger charge is -2.10. The van der Waals surface area contributed by atoms with Gasteiger partial charge in [0.25, 0.3) is 0 Å². The predicted molar refractivity (Wildman–Crippen MR) is 99.2 cm³/mol. The minimum Gasteiger partial charge on any atom is -0.260 e. The molecule has 1 N–H and O–H groups in total. The van der Waals surface area contributed by atoms with Crippen molar-refractivity contribution in [3.8, 4) is 0 Å². The van der Waals surface area contributed by atoms with E-state index in [1.807, 2.05) is 0 Å². The molecule has 146 valence electrons. The molecule has 0 spiro atoms. The number of fused-ring (bicyclic) bond motifs is 1. The quantitative estimate of drug-likeness (QED) is 0.572. The first-order chi connectivity index (χ1) is 13.8. The molecule has 0 bridgehead atoms. The van der Waals surface area contributed by atoms with Crippen LogP contribution in [0.4, 0.5) is 27.6 Å². The summed E-state index contributed by atoms with van der Waals surface area (Å²) in [6.45, 7) is 0. The van der Waals surface area contributed by atoms with Crippen molar-refractivity contribution in [1.29, 1.82) is 0 Å². The number of hydrazone groups is 1. The van der Waals surface area contributed by atoms with E-state index in [0.717, 1.165) is 12.1 Å². The highest BCUT2D eigenvalue weighted by Gasteiger charge is 2.30. The Morgan fingerprint density at radius 1 is 0.724 bits per heavy atom. The van der Waals surface area contributed by atoms with E-state index in [4.69, 9.17) is 0 Å². The summed E-state index contributed by atoms with van der Waals surface area (Å²) in [6.07, 6.45) is -4.47. The van der Waals surface area contributed by atoms with E-state index < -0.39 is 23.4 Å². The maximum Gasteiger partial charge on any atom is 0.416 e. The largest absolute Gasteiger partial charge is 0.416 e. The summed E-state index contributed by atoms with van der Waals surface area (Å²) < 4.78 is 65.6. The minimum absolute atomic E-state index is 0.231. The van der Waals surface area contributed by atoms with Crippen LogP contribution in [-0.2, 0) is 6.18 Å². The molecule has 1 aliphatic rings. The van der Waals surface area contributed by atoms with Gasteiger partial charge in [-0.1, -0.05) is 12.1 Å². The summed E-state index contributed by atoms with van der Waals surface area (Å²) in [4.78, 5) is 4.43. The lowest BCUT2D eigenvalue weighted by atomic mass is 9.99. The van der Waals surface area contributed by atoms with Gasteiger partial charge in [0.05, 0.1) is 11.3 Å². The Labute approximate surface area is 162 Å². The molecule has 0 radical (unpaired) electrons. The molecular formula is C21H12F5N3. The lowest BCUT2D eigenvalue weighted by molar-refractivity contribution is -0.137. The molecule has 0 saturated heterocycles. The molecule has 8 heteroatoms. The summed E-state index contributed by atoms with van der Waals surface area (Å²) >= 11 is 0. The van der Waals surface area contributed by atoms with Crippen molar-refractivity contribution in [3.63, 3.8) is 0 Å². The fourth-order valence-corrected chi connectivity index (χ4v) is 2.88. The molecule has 29 heavy (non-hydrogen) atoms. The van der Waals surface area contributed by atoms with Crippen LogP contribution >= 0.6 is 0 Å². The van der Waals surface area contributed by atoms with Gasteiger partial charge in [0, 0.05) is 16.7 Å². The zero-order valence-electron chi connectivity index (χ0n) is 14.6. The Morgan fingerprint density at radius 2 is 1.34 bits per heavy atom. The van der Waals surface area contributed by atoms with E-state index in [1.165, 1.54) is 54.6 Å². The molecule has 0 saturated carbocycles. The molecule has 0 aliphatic carbocycles. The summed E-state index contributed by atoms with van der Waals surface area (Å²) in [6, 6.07) is 13.8. The maximum absolute atomic E-state index is 13.9. The van der Waals surface area contributed by atoms with E-state index in [0.29, 0.717) is 28.2 Å². The second-order valence-electron chi connectivity index (χ2n) is 6.28. The number of benzene rings is 3. The molecule has 3 aromatic rings. The first-order valence-electron chi connectivity index (χ1n) is 8.47. The molecule has 0 aromatic heterocycles. The third-order valence-electron chi connectivity index (χ3n) is 4.32. The van der Waals surface area contributed by atoms with Crippen molar-refractivity contribution >= 4 is 17.2 Å². The van der Waals surface area contributed by atoms with Gasteiger partial charge in [-0.25, -0.2) is 13.8 Å². The van der Waals surface area contributed by atoms with Crippen LogP contribution in [0.25, 0.3) is 0 Å². The second kappa shape index (κ2) is 7.12. The van der Waals surface area contributed by atoms with Crippen molar-refractivity contribution < 1.29 is 22.0 Å². The number of aliphatic imine (C=N–C) groups is 1. The monoisotopic (exact) mass is 401 g/mol. The fraction of sp³-hybridized carbons (Fsp3) is 0.0476. The maximum atomic E-state index is 13.9. The number of halogens is 5. The second-order valence-corrected chi connectivity index (χ2v) is 6.28. The van der Waals surface area contributed by atoms with Crippen molar-refractivity contribution in [3.05, 3.63) is 101 Å². The van der Waals surface area contributed by atoms with Crippen molar-refractivity contribution in [2.24, 2.45) is 10.1 Å². The molecule has 1 aliphatic heterocycles. The highest BCUT2D eigenvalue weighted by molar-refractivity contribution is 6.18. The van der Waals surface area contributed by atoms with Gasteiger partial charge < -0.3 is 0 Å². The topological polar surface area (TPSA) is 36.8 Å². The van der Waals surface area contributed by atoms with Gasteiger partial charge in [0.1, 0.15) is 17.3 Å². The third kappa shape index (κ3) is 3.87. The SMILES string of the molecule is Fc1ccc(C2=Nc3ccc(F)cc3C(c3ccc(C(F)(F)F)cc3)=NN2)cc1. The van der Waals surface area contributed by atoms with E-state index in [2.05, 4.69) is 15.5 Å². The Kier molecular flexibility index (Phi) is 4.62. The molecule has 1 heterocycles. The molecular weight excluding hydrogens is 389 g/mol. The highest BCUT2D eigenvalue weighted by Crippen LogP contribution is 2.31. The smallest absolute Gasteiger partial charge is 0.260 e. The van der Waals surface area contributed by atoms with Crippen LogP contribution in [0.2, 0.25) is 0 Å². The van der Waals surface area contributed by atoms with Gasteiger partial charge in [0.15, 0.2) is 5.84 Å². The van der Waals surface area contributed by atoms with E-state index in [1.54, 1.807) is 0 Å². The number of nitrogens with one attached hydrogen (secondary N) is 1. The Bertz CT molecular complexity index is 1110. The first kappa shape index (κ1) is 18.8. The fourth-order valence-electron chi connectivity index (χ4n) is 2.88. The molecule has 0 atom stereocenters. The Balaban J connectivity index is 1.80. The van der Waals surface area contributed by atoms with Gasteiger partial charge in [-0.15, -0.1) is 0 Å². The van der Waals surface area contributed by atoms with Crippen LogP contribution in [0.15, 0.2) is 76.8 Å². The lowest BCUT2D eigenvalue weighted by Crippen LogP contribution is -2.19. The van der Waals surface area contributed by atoms with E-state index in [9.17, 15) is 22.0 Å². The van der Waals surface area contributed by atoms with Crippen LogP contribution in [-0.4, -0.2) is 11.5 Å². The number of hydrogen-bond acceptors (Lipinski definition) is 3. The van der Waals surface area contributed by atoms with Crippen LogP contribution in [0.3, 0.4) is 0 Å². The Hall–Kier alpha value is -3.55. The van der Waals surface area contributed by atoms with Crippen LogP contribution < -0.4 is 5.43 Å². The van der Waals surface area contributed by atoms with Crippen molar-refractivity contribution in [2.45, 2.75) is 6.18 Å². The van der Waals surface area contributed by atoms with Crippen molar-refractivity contribution in [1.82, 2.24) is 5.43 Å². The average molecular weight is 401 g/mol. The highest BCUT2D eigenvalue weighted by atomic mass is 19.4. The van der Waals surface area contributed by atoms with E-state index in [-0.39, 0.29) is 5.71 Å². The number of rotatable bonds is 2. The first-order valence-corrected chi connectivity index (χ1v) is 8.47. The van der Waals surface area contributed by atoms with Crippen LogP contribution in [0, 0.1) is 11.6 Å². The molecule has 4 rings (SSSR count). The van der Waals surface area contributed by atoms with E-state index >= 15 is 0 Å². The normalized spacial score (nSPS) is 13.7. The van der Waals surface area contributed by atoms with Gasteiger partial charge in [-0.05, 0) is 54.6 Å². The molecule has 0 unspecified atom stereocenters. The molecule has 0 amide bonds. The average Bonchev–Trinajstić information content (AvgIpc) is 2.87. The number of hydrogen-bond donors (Lipinski definition) is 1. The summed E-state index contributed by atoms with van der Waals surface area (Å²) in [5, 5.41) is 4.24. The molecule has 0 fully saturated rings. The molecule has 3 aromatic carbocycles.